The van der Waals surface area contributed by atoms with Crippen LogP contribution in [0.3, 0.4) is 0 Å². The number of carbonyl (C=O) groups excluding carboxylic acids is 1. The first-order chi connectivity index (χ1) is 14.4. The summed E-state index contributed by atoms with van der Waals surface area (Å²) in [6.07, 6.45) is 2.87. The highest BCUT2D eigenvalue weighted by Crippen LogP contribution is 2.31. The van der Waals surface area contributed by atoms with Crippen molar-refractivity contribution in [2.45, 2.75) is 17.0 Å². The van der Waals surface area contributed by atoms with Gasteiger partial charge < -0.3 is 9.88 Å². The van der Waals surface area contributed by atoms with Crippen LogP contribution >= 0.6 is 0 Å². The number of carbonyl (C=O) groups is 1. The lowest BCUT2D eigenvalue weighted by Crippen LogP contribution is -2.40. The number of nitrogens with one attached hydrogen (secondary N) is 1. The number of hydrogen-bond acceptors (Lipinski definition) is 4. The predicted molar refractivity (Wildman–Crippen MR) is 109 cm³/mol. The van der Waals surface area contributed by atoms with Gasteiger partial charge in [0.1, 0.15) is 5.82 Å². The van der Waals surface area contributed by atoms with Crippen molar-refractivity contribution in [2.75, 3.05) is 13.1 Å². The molecule has 0 bridgehead atoms. The van der Waals surface area contributed by atoms with Crippen LogP contribution in [0.1, 0.15) is 21.8 Å². The second-order valence-corrected chi connectivity index (χ2v) is 9.16. The van der Waals surface area contributed by atoms with Gasteiger partial charge in [-0.05, 0) is 17.7 Å². The third kappa shape index (κ3) is 3.86. The van der Waals surface area contributed by atoms with Crippen LogP contribution in [0, 0.1) is 5.82 Å². The molecule has 0 radical (unpaired) electrons. The first-order valence-corrected chi connectivity index (χ1v) is 10.9. The van der Waals surface area contributed by atoms with E-state index in [2.05, 4.69) is 10.3 Å². The van der Waals surface area contributed by atoms with E-state index in [1.165, 1.54) is 35.0 Å². The fourth-order valence-electron chi connectivity index (χ4n) is 3.69. The van der Waals surface area contributed by atoms with Crippen LogP contribution in [0.25, 0.3) is 0 Å². The Morgan fingerprint density at radius 3 is 2.47 bits per heavy atom. The molecule has 156 valence electrons. The van der Waals surface area contributed by atoms with Gasteiger partial charge in [-0.1, -0.05) is 42.5 Å². The molecule has 0 saturated carbocycles. The number of aryl methyl sites for hydroxylation is 1. The maximum absolute atomic E-state index is 14.0. The lowest BCUT2D eigenvalue weighted by molar-refractivity contribution is 0.0932. The zero-order valence-corrected chi connectivity index (χ0v) is 17.1. The van der Waals surface area contributed by atoms with Gasteiger partial charge in [0.2, 0.25) is 0 Å². The number of rotatable bonds is 5. The molecule has 1 fully saturated rings. The first-order valence-electron chi connectivity index (χ1n) is 9.44. The Balaban J connectivity index is 1.63. The molecule has 0 aliphatic carbocycles. The summed E-state index contributed by atoms with van der Waals surface area (Å²) in [7, 11) is -2.13. The fourth-order valence-corrected chi connectivity index (χ4v) is 5.15. The van der Waals surface area contributed by atoms with E-state index < -0.39 is 27.8 Å². The van der Waals surface area contributed by atoms with Crippen LogP contribution in [0.15, 0.2) is 72.1 Å². The summed E-state index contributed by atoms with van der Waals surface area (Å²) in [6, 6.07) is 14.6. The maximum Gasteiger partial charge on any atom is 0.262 e. The topological polar surface area (TPSA) is 84.3 Å². The van der Waals surface area contributed by atoms with Gasteiger partial charge in [0.25, 0.3) is 15.9 Å². The molecule has 2 atom stereocenters. The summed E-state index contributed by atoms with van der Waals surface area (Å²) in [5.41, 5.74) is 0.824. The highest BCUT2D eigenvalue weighted by atomic mass is 32.2. The molecule has 9 heteroatoms. The molecule has 0 spiro atoms. The van der Waals surface area contributed by atoms with E-state index in [9.17, 15) is 17.6 Å². The predicted octanol–water partition coefficient (Wildman–Crippen LogP) is 2.15. The lowest BCUT2D eigenvalue weighted by atomic mass is 9.94. The van der Waals surface area contributed by atoms with E-state index in [1.54, 1.807) is 17.7 Å². The van der Waals surface area contributed by atoms with Crippen LogP contribution in [-0.4, -0.2) is 47.3 Å². The number of halogens is 1. The van der Waals surface area contributed by atoms with Crippen molar-refractivity contribution >= 4 is 15.9 Å². The van der Waals surface area contributed by atoms with Gasteiger partial charge >= 0.3 is 0 Å². The zero-order chi connectivity index (χ0) is 21.3. The molecule has 7 nitrogen and oxygen atoms in total. The Bertz CT molecular complexity index is 1160. The molecule has 1 saturated heterocycles. The van der Waals surface area contributed by atoms with Crippen molar-refractivity contribution in [2.24, 2.45) is 7.05 Å². The normalized spacial score (nSPS) is 19.7. The van der Waals surface area contributed by atoms with E-state index in [-0.39, 0.29) is 29.6 Å². The highest BCUT2D eigenvalue weighted by Gasteiger charge is 2.41. The van der Waals surface area contributed by atoms with Gasteiger partial charge in [-0.15, -0.1) is 0 Å². The maximum atomic E-state index is 14.0. The Morgan fingerprint density at radius 2 is 1.80 bits per heavy atom. The Kier molecular flexibility index (Phi) is 5.40. The molecule has 2 heterocycles. The largest absolute Gasteiger partial charge is 0.347 e. The molecule has 4 rings (SSSR count). The minimum Gasteiger partial charge on any atom is -0.347 e. The Morgan fingerprint density at radius 1 is 1.10 bits per heavy atom. The molecule has 1 amide bonds. The average molecular weight is 428 g/mol. The second-order valence-electron chi connectivity index (χ2n) is 7.28. The average Bonchev–Trinajstić information content (AvgIpc) is 3.36. The summed E-state index contributed by atoms with van der Waals surface area (Å²) in [5.74, 6) is -1.47. The molecule has 1 aliphatic heterocycles. The molecule has 30 heavy (non-hydrogen) atoms. The van der Waals surface area contributed by atoms with Gasteiger partial charge in [0.05, 0.1) is 17.9 Å². The Hall–Kier alpha value is -3.04. The number of amides is 1. The minimum absolute atomic E-state index is 0.0436. The van der Waals surface area contributed by atoms with Crippen LogP contribution in [0.4, 0.5) is 4.39 Å². The van der Waals surface area contributed by atoms with Gasteiger partial charge in [-0.25, -0.2) is 17.8 Å². The van der Waals surface area contributed by atoms with E-state index in [0.29, 0.717) is 0 Å². The van der Waals surface area contributed by atoms with E-state index in [1.807, 2.05) is 30.3 Å². The summed E-state index contributed by atoms with van der Waals surface area (Å²) in [5, 5.41) is 2.79. The van der Waals surface area contributed by atoms with E-state index in [4.69, 9.17) is 0 Å². The standard InChI is InChI=1S/C21H21FN4O3S/c1-25-13-20(23-14-25)30(28,29)26-11-17(15-7-3-2-4-8-15)19(12-26)24-21(27)16-9-5-6-10-18(16)22/h2-10,13-14,17,19H,11-12H2,1H3,(H,24,27)/t17-,19+/m0/s1. The molecule has 1 aliphatic rings. The first kappa shape index (κ1) is 20.2. The molecule has 2 aromatic carbocycles. The zero-order valence-electron chi connectivity index (χ0n) is 16.3. The quantitative estimate of drug-likeness (QED) is 0.675. The number of hydrogen-bond donors (Lipinski definition) is 1. The second kappa shape index (κ2) is 8.00. The number of nitrogens with zero attached hydrogens (tertiary/aromatic N) is 3. The van der Waals surface area contributed by atoms with Crippen molar-refractivity contribution < 1.29 is 17.6 Å². The number of benzene rings is 2. The Labute approximate surface area is 174 Å². The van der Waals surface area contributed by atoms with Gasteiger partial charge in [-0.2, -0.15) is 4.31 Å². The van der Waals surface area contributed by atoms with Gasteiger partial charge in [-0.3, -0.25) is 4.79 Å². The number of sulfonamides is 1. The monoisotopic (exact) mass is 428 g/mol. The molecule has 3 aromatic rings. The summed E-state index contributed by atoms with van der Waals surface area (Å²) in [6.45, 7) is 0.254. The van der Waals surface area contributed by atoms with Crippen LogP contribution in [-0.2, 0) is 17.1 Å². The highest BCUT2D eigenvalue weighted by molar-refractivity contribution is 7.89. The van der Waals surface area contributed by atoms with E-state index >= 15 is 0 Å². The number of aromatic nitrogens is 2. The van der Waals surface area contributed by atoms with Crippen LogP contribution in [0.2, 0.25) is 0 Å². The van der Waals surface area contributed by atoms with E-state index in [0.717, 1.165) is 5.56 Å². The van der Waals surface area contributed by atoms with Gasteiger partial charge in [0, 0.05) is 32.3 Å². The third-order valence-electron chi connectivity index (χ3n) is 5.23. The molecule has 0 unspecified atom stereocenters. The molecular formula is C21H21FN4O3S. The van der Waals surface area contributed by atoms with Crippen molar-refractivity contribution in [1.29, 1.82) is 0 Å². The van der Waals surface area contributed by atoms with Crippen LogP contribution in [0.5, 0.6) is 0 Å². The summed E-state index contributed by atoms with van der Waals surface area (Å²) < 4.78 is 43.0. The number of imidazole rings is 1. The third-order valence-corrected chi connectivity index (χ3v) is 6.95. The smallest absolute Gasteiger partial charge is 0.262 e. The molecule has 1 N–H and O–H groups in total. The van der Waals surface area contributed by atoms with Crippen molar-refractivity contribution in [1.82, 2.24) is 19.2 Å². The van der Waals surface area contributed by atoms with Crippen molar-refractivity contribution in [3.8, 4) is 0 Å². The molecular weight excluding hydrogens is 407 g/mol. The van der Waals surface area contributed by atoms with Crippen molar-refractivity contribution in [3.63, 3.8) is 0 Å². The van der Waals surface area contributed by atoms with Crippen molar-refractivity contribution in [3.05, 3.63) is 84.1 Å². The van der Waals surface area contributed by atoms with Crippen LogP contribution < -0.4 is 5.32 Å². The fraction of sp³-hybridized carbons (Fsp3) is 0.238. The lowest BCUT2D eigenvalue weighted by Gasteiger charge is -2.20. The SMILES string of the molecule is Cn1cnc(S(=O)(=O)N2C[C@@H](NC(=O)c3ccccc3F)[C@H](c3ccccc3)C2)c1. The minimum atomic E-state index is -3.82. The summed E-state index contributed by atoms with van der Waals surface area (Å²) >= 11 is 0. The molecule has 1 aromatic heterocycles. The van der Waals surface area contributed by atoms with Gasteiger partial charge in [0.15, 0.2) is 5.03 Å². The summed E-state index contributed by atoms with van der Waals surface area (Å²) in [4.78, 5) is 16.7.